The molecule has 0 bridgehead atoms. The van der Waals surface area contributed by atoms with Crippen LogP contribution in [0, 0.1) is 0 Å². The van der Waals surface area contributed by atoms with E-state index < -0.39 is 22.0 Å². The maximum absolute atomic E-state index is 13.2. The lowest BCUT2D eigenvalue weighted by Gasteiger charge is -2.40. The van der Waals surface area contributed by atoms with Gasteiger partial charge in [-0.1, -0.05) is 6.07 Å². The van der Waals surface area contributed by atoms with Gasteiger partial charge in [0.2, 0.25) is 0 Å². The summed E-state index contributed by atoms with van der Waals surface area (Å²) < 4.78 is 35.3. The second kappa shape index (κ2) is 10.2. The zero-order valence-electron chi connectivity index (χ0n) is 20.1. The Morgan fingerprint density at radius 2 is 2.00 bits per heavy atom. The number of methoxy groups -OCH3 is 1. The highest BCUT2D eigenvalue weighted by atomic mass is 32.2. The number of amides is 2. The smallest absolute Gasteiger partial charge is 0.414 e. The fraction of sp³-hybridized carbons (Fsp3) is 0.522. The zero-order chi connectivity index (χ0) is 25.2. The van der Waals surface area contributed by atoms with Crippen molar-refractivity contribution in [2.75, 3.05) is 48.6 Å². The molecule has 1 unspecified atom stereocenters. The summed E-state index contributed by atoms with van der Waals surface area (Å²) in [5, 5.41) is 7.50. The zero-order valence-corrected chi connectivity index (χ0v) is 21.0. The number of rotatable bonds is 5. The Kier molecular flexibility index (Phi) is 7.31. The molecule has 4 rings (SSSR count). The van der Waals surface area contributed by atoms with Gasteiger partial charge in [0.1, 0.15) is 15.9 Å². The summed E-state index contributed by atoms with van der Waals surface area (Å²) in [6.07, 6.45) is 5.15. The van der Waals surface area contributed by atoms with Crippen LogP contribution in [0.25, 0.3) is 11.1 Å². The second-order valence-corrected chi connectivity index (χ2v) is 11.2. The average Bonchev–Trinajstić information content (AvgIpc) is 3.31. The fourth-order valence-electron chi connectivity index (χ4n) is 4.38. The highest BCUT2D eigenvalue weighted by molar-refractivity contribution is 7.90. The lowest BCUT2D eigenvalue weighted by molar-refractivity contribution is 0.0876. The van der Waals surface area contributed by atoms with Crippen LogP contribution in [0.1, 0.15) is 19.8 Å². The third kappa shape index (κ3) is 5.76. The molecule has 0 saturated carbocycles. The van der Waals surface area contributed by atoms with E-state index in [4.69, 9.17) is 9.47 Å². The van der Waals surface area contributed by atoms with Crippen LogP contribution in [0.4, 0.5) is 21.0 Å². The van der Waals surface area contributed by atoms with Crippen LogP contribution in [0.2, 0.25) is 0 Å². The summed E-state index contributed by atoms with van der Waals surface area (Å²) >= 11 is 0. The van der Waals surface area contributed by atoms with Crippen molar-refractivity contribution in [1.82, 2.24) is 15.1 Å². The number of hydrogen-bond acceptors (Lipinski definition) is 8. The third-order valence-electron chi connectivity index (χ3n) is 6.18. The lowest BCUT2D eigenvalue weighted by atomic mass is 10.0. The number of fused-ring (bicyclic) bond motifs is 1. The minimum absolute atomic E-state index is 0.0140. The van der Waals surface area contributed by atoms with Gasteiger partial charge >= 0.3 is 12.2 Å². The minimum Gasteiger partial charge on any atom is -0.452 e. The molecule has 2 amide bonds. The molecule has 190 valence electrons. The molecule has 11 nitrogen and oxygen atoms in total. The molecule has 1 aromatic heterocycles. The number of anilines is 2. The van der Waals surface area contributed by atoms with Crippen LogP contribution in [-0.4, -0.2) is 81.3 Å². The Hall–Kier alpha value is -3.12. The largest absolute Gasteiger partial charge is 0.452 e. The van der Waals surface area contributed by atoms with E-state index in [1.54, 1.807) is 28.0 Å². The molecule has 0 radical (unpaired) electrons. The third-order valence-corrected chi connectivity index (χ3v) is 7.11. The Bertz CT molecular complexity index is 1190. The molecule has 0 aliphatic carbocycles. The molecular formula is C23H31N5O6S. The van der Waals surface area contributed by atoms with Crippen LogP contribution in [0.3, 0.4) is 0 Å². The summed E-state index contributed by atoms with van der Waals surface area (Å²) in [4.78, 5) is 28.9. The number of sulfone groups is 1. The SMILES string of the molecule is COC(=O)N1c2ccc(-c3cnn(CCS(C)(=O)=O)c3)cc2N(C(=O)OC2CCCNC2)C[C@@H]1C. The lowest BCUT2D eigenvalue weighted by Crippen LogP contribution is -2.53. The maximum atomic E-state index is 13.2. The topological polar surface area (TPSA) is 123 Å². The Labute approximate surface area is 204 Å². The number of piperidine rings is 1. The van der Waals surface area contributed by atoms with Crippen molar-refractivity contribution in [2.45, 2.75) is 38.5 Å². The van der Waals surface area contributed by atoms with Crippen molar-refractivity contribution < 1.29 is 27.5 Å². The van der Waals surface area contributed by atoms with Crippen molar-refractivity contribution in [2.24, 2.45) is 0 Å². The van der Waals surface area contributed by atoms with E-state index in [1.807, 2.05) is 19.1 Å². The van der Waals surface area contributed by atoms with Crippen molar-refractivity contribution in [3.8, 4) is 11.1 Å². The van der Waals surface area contributed by atoms with E-state index in [1.165, 1.54) is 18.3 Å². The minimum atomic E-state index is -3.11. The van der Waals surface area contributed by atoms with Crippen molar-refractivity contribution in [3.63, 3.8) is 0 Å². The molecule has 1 N–H and O–H groups in total. The number of hydrogen-bond donors (Lipinski definition) is 1. The molecule has 0 spiro atoms. The van der Waals surface area contributed by atoms with Crippen LogP contribution < -0.4 is 15.1 Å². The molecule has 2 aliphatic heterocycles. The number of carbonyl (C=O) groups excluding carboxylic acids is 2. The summed E-state index contributed by atoms with van der Waals surface area (Å²) in [5.74, 6) is -0.0140. The maximum Gasteiger partial charge on any atom is 0.414 e. The molecule has 2 atom stereocenters. The number of aryl methyl sites for hydroxylation is 1. The van der Waals surface area contributed by atoms with Gasteiger partial charge in [-0.2, -0.15) is 5.10 Å². The van der Waals surface area contributed by atoms with E-state index in [2.05, 4.69) is 10.4 Å². The molecule has 1 saturated heterocycles. The van der Waals surface area contributed by atoms with Gasteiger partial charge < -0.3 is 14.8 Å². The number of nitrogens with zero attached hydrogens (tertiary/aromatic N) is 4. The first-order valence-corrected chi connectivity index (χ1v) is 13.6. The van der Waals surface area contributed by atoms with Crippen LogP contribution in [0.5, 0.6) is 0 Å². The highest BCUT2D eigenvalue weighted by Crippen LogP contribution is 2.39. The van der Waals surface area contributed by atoms with E-state index in [0.29, 0.717) is 17.9 Å². The Morgan fingerprint density at radius 1 is 1.20 bits per heavy atom. The summed E-state index contributed by atoms with van der Waals surface area (Å²) in [5.41, 5.74) is 2.60. The number of nitrogens with one attached hydrogen (secondary N) is 1. The first-order chi connectivity index (χ1) is 16.7. The first-order valence-electron chi connectivity index (χ1n) is 11.6. The van der Waals surface area contributed by atoms with Gasteiger partial charge in [0, 0.05) is 24.6 Å². The quantitative estimate of drug-likeness (QED) is 0.657. The van der Waals surface area contributed by atoms with E-state index in [9.17, 15) is 18.0 Å². The average molecular weight is 506 g/mol. The van der Waals surface area contributed by atoms with Gasteiger partial charge in [-0.3, -0.25) is 14.5 Å². The molecule has 2 aromatic rings. The molecule has 1 aromatic carbocycles. The Morgan fingerprint density at radius 3 is 2.69 bits per heavy atom. The normalized spacial score (nSPS) is 20.3. The monoisotopic (exact) mass is 505 g/mol. The van der Waals surface area contributed by atoms with E-state index in [0.717, 1.165) is 30.5 Å². The molecule has 12 heteroatoms. The van der Waals surface area contributed by atoms with Gasteiger partial charge in [-0.25, -0.2) is 18.0 Å². The van der Waals surface area contributed by atoms with Crippen LogP contribution in [0.15, 0.2) is 30.6 Å². The van der Waals surface area contributed by atoms with Gasteiger partial charge in [-0.15, -0.1) is 0 Å². The summed E-state index contributed by atoms with van der Waals surface area (Å²) in [6, 6.07) is 5.10. The van der Waals surface area contributed by atoms with Crippen molar-refractivity contribution in [1.29, 1.82) is 0 Å². The first kappa shape index (κ1) is 25.0. The van der Waals surface area contributed by atoms with Crippen molar-refractivity contribution in [3.05, 3.63) is 30.6 Å². The van der Waals surface area contributed by atoms with E-state index in [-0.39, 0.29) is 31.0 Å². The molecular weight excluding hydrogens is 474 g/mol. The van der Waals surface area contributed by atoms with E-state index >= 15 is 0 Å². The summed E-state index contributed by atoms with van der Waals surface area (Å²) in [7, 11) is -1.79. The van der Waals surface area contributed by atoms with Gasteiger partial charge in [0.25, 0.3) is 0 Å². The second-order valence-electron chi connectivity index (χ2n) is 8.98. The Balaban J connectivity index is 1.65. The van der Waals surface area contributed by atoms with Crippen molar-refractivity contribution >= 4 is 33.4 Å². The van der Waals surface area contributed by atoms with Gasteiger partial charge in [0.05, 0.1) is 49.6 Å². The van der Waals surface area contributed by atoms with Crippen LogP contribution in [-0.2, 0) is 25.9 Å². The van der Waals surface area contributed by atoms with Gasteiger partial charge in [-0.05, 0) is 44.0 Å². The number of ether oxygens (including phenoxy) is 2. The molecule has 2 aliphatic rings. The highest BCUT2D eigenvalue weighted by Gasteiger charge is 2.37. The molecule has 35 heavy (non-hydrogen) atoms. The number of carbonyl (C=O) groups is 2. The number of aromatic nitrogens is 2. The standard InChI is InChI=1S/C23H31N5O6S/c1-16-14-27(22(29)34-19-5-4-8-24-13-19)21-11-17(6-7-20(21)28(16)23(30)33-2)18-12-25-26(15-18)9-10-35(3,31)32/h6-7,11-12,15-16,19,24H,4-5,8-10,13-14H2,1-3H3/t16-,19?/m0/s1. The molecule has 3 heterocycles. The molecule has 1 fully saturated rings. The van der Waals surface area contributed by atoms with Crippen LogP contribution >= 0.6 is 0 Å². The predicted molar refractivity (Wildman–Crippen MR) is 131 cm³/mol. The fourth-order valence-corrected chi connectivity index (χ4v) is 4.89. The predicted octanol–water partition coefficient (Wildman–Crippen LogP) is 2.26. The van der Waals surface area contributed by atoms with Gasteiger partial charge in [0.15, 0.2) is 0 Å². The number of benzene rings is 1. The summed E-state index contributed by atoms with van der Waals surface area (Å²) in [6.45, 7) is 3.86.